The van der Waals surface area contributed by atoms with Gasteiger partial charge in [-0.2, -0.15) is 0 Å². The first-order valence-electron chi connectivity index (χ1n) is 15.2. The highest BCUT2D eigenvalue weighted by atomic mass is 35.5. The van der Waals surface area contributed by atoms with Gasteiger partial charge in [0, 0.05) is 26.1 Å². The third kappa shape index (κ3) is 12.0. The summed E-state index contributed by atoms with van der Waals surface area (Å²) in [6.45, 7) is 1.61. The summed E-state index contributed by atoms with van der Waals surface area (Å²) in [5.74, 6) is -6.87. The van der Waals surface area contributed by atoms with Gasteiger partial charge in [0.15, 0.2) is 0 Å². The number of carbonyl (C=O) groups is 7. The van der Waals surface area contributed by atoms with E-state index in [0.717, 1.165) is 0 Å². The fourth-order valence-electron chi connectivity index (χ4n) is 4.36. The maximum absolute atomic E-state index is 13.3. The van der Waals surface area contributed by atoms with Crippen LogP contribution in [-0.2, 0) is 14.4 Å². The monoisotopic (exact) mass is 897 g/mol. The van der Waals surface area contributed by atoms with Gasteiger partial charge in [0.25, 0.3) is 23.6 Å². The van der Waals surface area contributed by atoms with Gasteiger partial charge in [0.1, 0.15) is 12.1 Å². The van der Waals surface area contributed by atoms with Crippen LogP contribution in [0.4, 0.5) is 0 Å². The molecular weight excluding hydrogens is 870 g/mol. The number of halogens is 8. The highest BCUT2D eigenvalue weighted by Gasteiger charge is 2.32. The van der Waals surface area contributed by atoms with E-state index in [1.165, 1.54) is 6.92 Å². The maximum atomic E-state index is 13.3. The minimum Gasteiger partial charge on any atom is -0.480 e. The van der Waals surface area contributed by atoms with Crippen LogP contribution in [0.5, 0.6) is 0 Å². The number of hydrogen-bond acceptors (Lipinski definition) is 8. The van der Waals surface area contributed by atoms with Crippen LogP contribution in [0.2, 0.25) is 40.2 Å². The fraction of sp³-hybridized carbons (Fsp3) is 0.367. The quantitative estimate of drug-likeness (QED) is 0.0595. The van der Waals surface area contributed by atoms with Crippen LogP contribution in [0.3, 0.4) is 0 Å². The SMILES string of the molecule is C[C@H](NC(=O)c1c(Cl)c(Cl)c(Cl)c(Cl)c1C(=O)NCCCN)C(=O)NCCCNC(=O)c1c(Cl)c(Cl)c(Cl)c(Cl)c1C(=O)N[C@@H](CCC(N)=O)C(=O)O. The molecule has 0 heterocycles. The molecule has 2 atom stereocenters. The van der Waals surface area contributed by atoms with Crippen molar-refractivity contribution < 1.29 is 38.7 Å². The molecule has 0 fully saturated rings. The molecule has 290 valence electrons. The smallest absolute Gasteiger partial charge is 0.326 e. The predicted molar refractivity (Wildman–Crippen MR) is 203 cm³/mol. The number of carbonyl (C=O) groups excluding carboxylic acids is 6. The van der Waals surface area contributed by atoms with Gasteiger partial charge in [-0.25, -0.2) is 4.79 Å². The third-order valence-corrected chi connectivity index (χ3v) is 10.7. The van der Waals surface area contributed by atoms with Crippen LogP contribution >= 0.6 is 92.8 Å². The lowest BCUT2D eigenvalue weighted by Crippen LogP contribution is -2.46. The zero-order valence-corrected chi connectivity index (χ0v) is 33.3. The zero-order valence-electron chi connectivity index (χ0n) is 27.3. The summed E-state index contributed by atoms with van der Waals surface area (Å²) in [5.41, 5.74) is 8.63. The lowest BCUT2D eigenvalue weighted by molar-refractivity contribution is -0.139. The van der Waals surface area contributed by atoms with Crippen LogP contribution < -0.4 is 38.1 Å². The Morgan fingerprint density at radius 1 is 0.585 bits per heavy atom. The van der Waals surface area contributed by atoms with E-state index in [-0.39, 0.29) is 81.1 Å². The summed E-state index contributed by atoms with van der Waals surface area (Å²) >= 11 is 49.5. The molecule has 0 spiro atoms. The first kappa shape index (κ1) is 46.2. The molecule has 0 radical (unpaired) electrons. The summed E-state index contributed by atoms with van der Waals surface area (Å²) in [5, 5.41) is 18.6. The van der Waals surface area contributed by atoms with Crippen LogP contribution in [0.1, 0.15) is 74.0 Å². The molecule has 0 aliphatic carbocycles. The van der Waals surface area contributed by atoms with Crippen molar-refractivity contribution in [1.82, 2.24) is 26.6 Å². The molecule has 2 aromatic rings. The topological polar surface area (TPSA) is 252 Å². The Kier molecular flexibility index (Phi) is 18.5. The van der Waals surface area contributed by atoms with Gasteiger partial charge in [-0.3, -0.25) is 28.8 Å². The van der Waals surface area contributed by atoms with E-state index in [1.807, 2.05) is 0 Å². The molecule has 0 aromatic heterocycles. The molecule has 10 N–H and O–H groups in total. The average molecular weight is 901 g/mol. The third-order valence-electron chi connectivity index (χ3n) is 7.07. The van der Waals surface area contributed by atoms with Crippen molar-refractivity contribution >= 4 is 134 Å². The van der Waals surface area contributed by atoms with Crippen molar-refractivity contribution in [2.75, 3.05) is 26.2 Å². The number of aliphatic carboxylic acids is 1. The van der Waals surface area contributed by atoms with Crippen molar-refractivity contribution in [2.45, 2.75) is 44.7 Å². The Balaban J connectivity index is 2.12. The molecular formula is C30H31Cl8N7O8. The molecule has 0 aliphatic heterocycles. The number of primary amides is 1. The van der Waals surface area contributed by atoms with Gasteiger partial charge in [0.05, 0.1) is 62.4 Å². The van der Waals surface area contributed by atoms with Crippen molar-refractivity contribution in [3.8, 4) is 0 Å². The molecule has 15 nitrogen and oxygen atoms in total. The van der Waals surface area contributed by atoms with E-state index in [1.54, 1.807) is 0 Å². The summed E-state index contributed by atoms with van der Waals surface area (Å²) < 4.78 is 0. The van der Waals surface area contributed by atoms with Gasteiger partial charge < -0.3 is 43.2 Å². The normalized spacial score (nSPS) is 12.0. The van der Waals surface area contributed by atoms with Gasteiger partial charge >= 0.3 is 5.97 Å². The van der Waals surface area contributed by atoms with Crippen LogP contribution in [0.15, 0.2) is 0 Å². The number of benzene rings is 2. The van der Waals surface area contributed by atoms with E-state index in [0.29, 0.717) is 6.42 Å². The summed E-state index contributed by atoms with van der Waals surface area (Å²) in [6.07, 6.45) is -0.226. The second kappa shape index (κ2) is 21.2. The molecule has 0 aliphatic rings. The Bertz CT molecular complexity index is 1810. The Labute approximate surface area is 342 Å². The van der Waals surface area contributed by atoms with Gasteiger partial charge in [0.2, 0.25) is 11.8 Å². The molecule has 0 bridgehead atoms. The van der Waals surface area contributed by atoms with Crippen LogP contribution in [-0.4, -0.2) is 84.8 Å². The molecule has 23 heteroatoms. The first-order chi connectivity index (χ1) is 24.8. The summed E-state index contributed by atoms with van der Waals surface area (Å²) in [4.78, 5) is 88.2. The predicted octanol–water partition coefficient (Wildman–Crippen LogP) is 4.50. The summed E-state index contributed by atoms with van der Waals surface area (Å²) in [7, 11) is 0. The highest BCUT2D eigenvalue weighted by molar-refractivity contribution is 6.55. The fourth-order valence-corrected chi connectivity index (χ4v) is 6.41. The largest absolute Gasteiger partial charge is 0.480 e. The summed E-state index contributed by atoms with van der Waals surface area (Å²) in [6, 6.07) is -2.79. The maximum Gasteiger partial charge on any atom is 0.326 e. The lowest BCUT2D eigenvalue weighted by Gasteiger charge is -2.19. The van der Waals surface area contributed by atoms with E-state index in [9.17, 15) is 38.7 Å². The van der Waals surface area contributed by atoms with E-state index >= 15 is 0 Å². The number of nitrogens with two attached hydrogens (primary N) is 2. The average Bonchev–Trinajstić information content (AvgIpc) is 3.10. The van der Waals surface area contributed by atoms with E-state index in [4.69, 9.17) is 104 Å². The van der Waals surface area contributed by atoms with Crippen LogP contribution in [0, 0.1) is 0 Å². The number of carboxylic acids is 1. The zero-order chi connectivity index (χ0) is 40.3. The number of nitrogens with one attached hydrogen (secondary N) is 5. The molecule has 2 aromatic carbocycles. The minimum absolute atomic E-state index is 0.0448. The van der Waals surface area contributed by atoms with Gasteiger partial charge in [-0.05, 0) is 32.7 Å². The Morgan fingerprint density at radius 2 is 0.962 bits per heavy atom. The first-order valence-corrected chi connectivity index (χ1v) is 18.2. The number of hydrogen-bond donors (Lipinski definition) is 8. The van der Waals surface area contributed by atoms with Crippen LogP contribution in [0.25, 0.3) is 0 Å². The molecule has 6 amide bonds. The molecule has 0 saturated carbocycles. The molecule has 0 saturated heterocycles. The van der Waals surface area contributed by atoms with E-state index in [2.05, 4.69) is 26.6 Å². The number of amides is 6. The number of carboxylic acid groups (broad SMARTS) is 1. The second-order valence-electron chi connectivity index (χ2n) is 10.9. The van der Waals surface area contributed by atoms with Crippen molar-refractivity contribution in [3.63, 3.8) is 0 Å². The lowest BCUT2D eigenvalue weighted by atomic mass is 10.0. The van der Waals surface area contributed by atoms with Crippen molar-refractivity contribution in [2.24, 2.45) is 11.5 Å². The van der Waals surface area contributed by atoms with Gasteiger partial charge in [-0.1, -0.05) is 92.8 Å². The minimum atomic E-state index is -1.60. The van der Waals surface area contributed by atoms with Gasteiger partial charge in [-0.15, -0.1) is 0 Å². The Hall–Kier alpha value is -2.99. The Morgan fingerprint density at radius 3 is 1.36 bits per heavy atom. The number of rotatable bonds is 18. The van der Waals surface area contributed by atoms with Crippen molar-refractivity contribution in [3.05, 3.63) is 62.4 Å². The van der Waals surface area contributed by atoms with E-state index < -0.39 is 80.2 Å². The second-order valence-corrected chi connectivity index (χ2v) is 13.9. The van der Waals surface area contributed by atoms with Crippen molar-refractivity contribution in [1.29, 1.82) is 0 Å². The standard InChI is InChI=1S/C30H31Cl8N7O8/c1-10(44-28(50)15-13(26(48)42-7-2-6-39)17(31)21(35)23(37)19(15)33)25(47)41-8-3-9-43-27(49)14-16(20(34)24(38)22(36)18(14)32)29(51)45-11(30(52)53)4-5-12(40)46/h10-11H,2-9,39H2,1H3,(H2,40,46)(H,41,47)(H,42,48)(H,43,49)(H,44,50)(H,45,51)(H,52,53)/t10-,11-/m0/s1. The molecule has 53 heavy (non-hydrogen) atoms. The molecule has 2 rings (SSSR count). The highest BCUT2D eigenvalue weighted by Crippen LogP contribution is 2.43. The molecule has 0 unspecified atom stereocenters.